The van der Waals surface area contributed by atoms with Gasteiger partial charge in [0.2, 0.25) is 0 Å². The van der Waals surface area contributed by atoms with E-state index in [1.54, 1.807) is 0 Å². The Kier molecular flexibility index (Phi) is 1.95. The summed E-state index contributed by atoms with van der Waals surface area (Å²) >= 11 is 5.75. The Morgan fingerprint density at radius 2 is 2.00 bits per heavy atom. The highest BCUT2D eigenvalue weighted by Crippen LogP contribution is 2.65. The Hall–Kier alpha value is -0.470. The minimum absolute atomic E-state index is 0.493. The van der Waals surface area contributed by atoms with Crippen LogP contribution in [-0.2, 0) is 6.54 Å². The fourth-order valence-corrected chi connectivity index (χ4v) is 4.43. The average Bonchev–Trinajstić information content (AvgIpc) is 2.70. The zero-order valence-corrected chi connectivity index (χ0v) is 9.91. The molecule has 3 fully saturated rings. The topological polar surface area (TPSA) is 25.2 Å². The van der Waals surface area contributed by atoms with Crippen LogP contribution in [0, 0.1) is 23.7 Å². The summed E-state index contributed by atoms with van der Waals surface area (Å²) in [4.78, 5) is 0. The van der Waals surface area contributed by atoms with Crippen LogP contribution >= 0.6 is 11.6 Å². The highest BCUT2D eigenvalue weighted by molar-refractivity contribution is 6.28. The Balaban J connectivity index is 1.37. The fourth-order valence-electron chi connectivity index (χ4n) is 4.26. The Morgan fingerprint density at radius 3 is 2.62 bits per heavy atom. The lowest BCUT2D eigenvalue weighted by Gasteiger charge is -2.09. The molecule has 0 saturated heterocycles. The Labute approximate surface area is 100 Å². The van der Waals surface area contributed by atoms with Gasteiger partial charge in [-0.3, -0.25) is 0 Å². The molecule has 0 spiro atoms. The van der Waals surface area contributed by atoms with E-state index >= 15 is 0 Å². The lowest BCUT2D eigenvalue weighted by atomic mass is 10.0. The van der Waals surface area contributed by atoms with Gasteiger partial charge in [0, 0.05) is 6.04 Å². The summed E-state index contributed by atoms with van der Waals surface area (Å²) in [6.07, 6.45) is 4.48. The predicted molar refractivity (Wildman–Crippen MR) is 62.2 cm³/mol. The molecular weight excluding hydrogens is 222 g/mol. The summed E-state index contributed by atoms with van der Waals surface area (Å²) < 4.78 is 5.36. The quantitative estimate of drug-likeness (QED) is 0.874. The summed E-state index contributed by atoms with van der Waals surface area (Å²) in [6.45, 7) is 0.837. The van der Waals surface area contributed by atoms with Crippen molar-refractivity contribution < 1.29 is 4.42 Å². The van der Waals surface area contributed by atoms with Gasteiger partial charge in [-0.15, -0.1) is 0 Å². The largest absolute Gasteiger partial charge is 0.448 e. The van der Waals surface area contributed by atoms with E-state index in [0.717, 1.165) is 42.0 Å². The number of halogens is 1. The van der Waals surface area contributed by atoms with Crippen LogP contribution in [0.5, 0.6) is 0 Å². The van der Waals surface area contributed by atoms with Crippen LogP contribution in [0.25, 0.3) is 0 Å². The molecule has 4 atom stereocenters. The van der Waals surface area contributed by atoms with Gasteiger partial charge in [-0.2, -0.15) is 0 Å². The second kappa shape index (κ2) is 3.27. The average molecular weight is 238 g/mol. The van der Waals surface area contributed by atoms with Gasteiger partial charge in [0.25, 0.3) is 0 Å². The van der Waals surface area contributed by atoms with Gasteiger partial charge >= 0.3 is 0 Å². The monoisotopic (exact) mass is 237 g/mol. The molecular formula is C13H16ClNO. The van der Waals surface area contributed by atoms with Crippen LogP contribution in [0.1, 0.15) is 25.0 Å². The molecule has 0 radical (unpaired) electrons. The van der Waals surface area contributed by atoms with E-state index in [4.69, 9.17) is 16.0 Å². The van der Waals surface area contributed by atoms with Crippen molar-refractivity contribution in [2.45, 2.75) is 31.8 Å². The van der Waals surface area contributed by atoms with E-state index in [-0.39, 0.29) is 0 Å². The molecule has 16 heavy (non-hydrogen) atoms. The van der Waals surface area contributed by atoms with Gasteiger partial charge in [0.05, 0.1) is 6.54 Å². The molecule has 1 heterocycles. The molecule has 3 heteroatoms. The van der Waals surface area contributed by atoms with Crippen molar-refractivity contribution in [2.75, 3.05) is 0 Å². The summed E-state index contributed by atoms with van der Waals surface area (Å²) in [7, 11) is 0. The summed E-state index contributed by atoms with van der Waals surface area (Å²) in [6, 6.07) is 4.55. The van der Waals surface area contributed by atoms with Crippen LogP contribution in [0.3, 0.4) is 0 Å². The lowest BCUT2D eigenvalue weighted by Crippen LogP contribution is -2.22. The van der Waals surface area contributed by atoms with Crippen LogP contribution in [0.4, 0.5) is 0 Å². The highest BCUT2D eigenvalue weighted by Gasteiger charge is 2.64. The van der Waals surface area contributed by atoms with Crippen molar-refractivity contribution >= 4 is 11.6 Å². The molecule has 1 aromatic heterocycles. The summed E-state index contributed by atoms with van der Waals surface area (Å²) in [5.74, 6) is 5.01. The SMILES string of the molecule is Clc1ccc(CNC2C3C4CCC(C4)C23)o1. The molecule has 4 unspecified atom stereocenters. The van der Waals surface area contributed by atoms with E-state index in [9.17, 15) is 0 Å². The predicted octanol–water partition coefficient (Wildman–Crippen LogP) is 3.07. The first-order valence-corrected chi connectivity index (χ1v) is 6.68. The van der Waals surface area contributed by atoms with E-state index in [0.29, 0.717) is 5.22 Å². The van der Waals surface area contributed by atoms with Crippen LogP contribution < -0.4 is 5.32 Å². The molecule has 3 aliphatic rings. The second-order valence-electron chi connectivity index (χ2n) is 5.60. The van der Waals surface area contributed by atoms with E-state index < -0.39 is 0 Å². The first-order valence-electron chi connectivity index (χ1n) is 6.30. The molecule has 1 N–H and O–H groups in total. The maximum atomic E-state index is 5.75. The van der Waals surface area contributed by atoms with E-state index in [2.05, 4.69) is 5.32 Å². The van der Waals surface area contributed by atoms with Crippen LogP contribution in [0.2, 0.25) is 5.22 Å². The van der Waals surface area contributed by atoms with E-state index in [1.165, 1.54) is 19.3 Å². The van der Waals surface area contributed by atoms with Crippen molar-refractivity contribution in [3.8, 4) is 0 Å². The molecule has 2 bridgehead atoms. The van der Waals surface area contributed by atoms with Gasteiger partial charge in [0.1, 0.15) is 5.76 Å². The van der Waals surface area contributed by atoms with Gasteiger partial charge in [-0.25, -0.2) is 0 Å². The third-order valence-electron chi connectivity index (χ3n) is 4.88. The molecule has 4 rings (SSSR count). The normalized spacial score (nSPS) is 43.7. The Bertz CT molecular complexity index is 400. The van der Waals surface area contributed by atoms with Crippen molar-refractivity contribution in [1.82, 2.24) is 5.32 Å². The fraction of sp³-hybridized carbons (Fsp3) is 0.692. The third-order valence-corrected chi connectivity index (χ3v) is 5.08. The number of hydrogen-bond acceptors (Lipinski definition) is 2. The van der Waals surface area contributed by atoms with Gasteiger partial charge in [0.15, 0.2) is 5.22 Å². The maximum absolute atomic E-state index is 5.75. The number of nitrogens with one attached hydrogen (secondary N) is 1. The minimum Gasteiger partial charge on any atom is -0.448 e. The first kappa shape index (κ1) is 9.55. The first-order chi connectivity index (χ1) is 7.83. The summed E-state index contributed by atoms with van der Waals surface area (Å²) in [5.41, 5.74) is 0. The van der Waals surface area contributed by atoms with E-state index in [1.807, 2.05) is 12.1 Å². The van der Waals surface area contributed by atoms with Crippen molar-refractivity contribution in [2.24, 2.45) is 23.7 Å². The Morgan fingerprint density at radius 1 is 1.25 bits per heavy atom. The zero-order chi connectivity index (χ0) is 10.7. The lowest BCUT2D eigenvalue weighted by molar-refractivity contribution is 0.431. The van der Waals surface area contributed by atoms with Gasteiger partial charge in [-0.05, 0) is 66.7 Å². The molecule has 0 amide bonds. The molecule has 3 aliphatic carbocycles. The molecule has 0 aromatic carbocycles. The highest BCUT2D eigenvalue weighted by atomic mass is 35.5. The van der Waals surface area contributed by atoms with Crippen LogP contribution in [-0.4, -0.2) is 6.04 Å². The van der Waals surface area contributed by atoms with Crippen molar-refractivity contribution in [1.29, 1.82) is 0 Å². The zero-order valence-electron chi connectivity index (χ0n) is 9.16. The molecule has 2 nitrogen and oxygen atoms in total. The third kappa shape index (κ3) is 1.29. The number of furan rings is 1. The standard InChI is InChI=1S/C13H16ClNO/c14-10-4-3-9(16-10)6-15-13-11-7-1-2-8(5-7)12(11)13/h3-4,7-8,11-13,15H,1-2,5-6H2. The van der Waals surface area contributed by atoms with Crippen molar-refractivity contribution in [3.05, 3.63) is 23.1 Å². The van der Waals surface area contributed by atoms with Crippen molar-refractivity contribution in [3.63, 3.8) is 0 Å². The van der Waals surface area contributed by atoms with Gasteiger partial charge < -0.3 is 9.73 Å². The molecule has 1 aromatic rings. The smallest absolute Gasteiger partial charge is 0.193 e. The molecule has 86 valence electrons. The number of hydrogen-bond donors (Lipinski definition) is 1. The number of fused-ring (bicyclic) bond motifs is 5. The summed E-state index contributed by atoms with van der Waals surface area (Å²) in [5, 5.41) is 4.13. The molecule has 3 saturated carbocycles. The van der Waals surface area contributed by atoms with Crippen LogP contribution in [0.15, 0.2) is 16.5 Å². The number of rotatable bonds is 3. The maximum Gasteiger partial charge on any atom is 0.193 e. The molecule has 0 aliphatic heterocycles. The second-order valence-corrected chi connectivity index (χ2v) is 5.97. The van der Waals surface area contributed by atoms with Gasteiger partial charge in [-0.1, -0.05) is 0 Å². The minimum atomic E-state index is 0.493.